The minimum Gasteiger partial charge on any atom is -0.488 e. The highest BCUT2D eigenvalue weighted by molar-refractivity contribution is 5.73. The van der Waals surface area contributed by atoms with Gasteiger partial charge in [-0.15, -0.1) is 0 Å². The van der Waals surface area contributed by atoms with E-state index in [2.05, 4.69) is 74.5 Å². The van der Waals surface area contributed by atoms with Crippen LogP contribution in [0.15, 0.2) is 103 Å². The van der Waals surface area contributed by atoms with Gasteiger partial charge in [-0.25, -0.2) is 0 Å². The highest BCUT2D eigenvalue weighted by Crippen LogP contribution is 2.39. The molecule has 0 amide bonds. The molecule has 0 bridgehead atoms. The maximum absolute atomic E-state index is 6.33. The van der Waals surface area contributed by atoms with Gasteiger partial charge in [-0.2, -0.15) is 0 Å². The molecule has 4 aromatic rings. The Hall–Kier alpha value is -3.52. The Bertz CT molecular complexity index is 1090. The Morgan fingerprint density at radius 2 is 1.06 bits per heavy atom. The highest BCUT2D eigenvalue weighted by atomic mass is 16.5. The van der Waals surface area contributed by atoms with Crippen molar-refractivity contribution in [2.45, 2.75) is 33.0 Å². The summed E-state index contributed by atoms with van der Waals surface area (Å²) in [6, 6.07) is 35.2. The first kappa shape index (κ1) is 20.7. The van der Waals surface area contributed by atoms with Crippen LogP contribution in [0.3, 0.4) is 0 Å². The van der Waals surface area contributed by atoms with E-state index in [0.29, 0.717) is 19.1 Å². The first-order chi connectivity index (χ1) is 15.2. The van der Waals surface area contributed by atoms with Gasteiger partial charge in [-0.1, -0.05) is 105 Å². The average Bonchev–Trinajstić information content (AvgIpc) is 2.83. The zero-order valence-corrected chi connectivity index (χ0v) is 18.1. The molecule has 31 heavy (non-hydrogen) atoms. The summed E-state index contributed by atoms with van der Waals surface area (Å²) in [6.07, 6.45) is 0. The summed E-state index contributed by atoms with van der Waals surface area (Å²) in [4.78, 5) is 0. The SMILES string of the molecule is CC(C)c1cc(-c2ccccc2)c(OCc2ccccc2)cc1OCc1ccccc1. The molecule has 0 atom stereocenters. The van der Waals surface area contributed by atoms with E-state index in [1.54, 1.807) is 0 Å². The monoisotopic (exact) mass is 408 g/mol. The van der Waals surface area contributed by atoms with Gasteiger partial charge in [0.25, 0.3) is 0 Å². The quantitative estimate of drug-likeness (QED) is 0.298. The summed E-state index contributed by atoms with van der Waals surface area (Å²) < 4.78 is 12.6. The molecule has 0 heterocycles. The lowest BCUT2D eigenvalue weighted by atomic mass is 9.95. The molecule has 0 N–H and O–H groups in total. The molecule has 0 aromatic heterocycles. The van der Waals surface area contributed by atoms with Crippen LogP contribution in [0.1, 0.15) is 36.5 Å². The van der Waals surface area contributed by atoms with Gasteiger partial charge < -0.3 is 9.47 Å². The van der Waals surface area contributed by atoms with Gasteiger partial charge in [0.2, 0.25) is 0 Å². The first-order valence-electron chi connectivity index (χ1n) is 10.8. The lowest BCUT2D eigenvalue weighted by Crippen LogP contribution is -2.03. The molecule has 0 unspecified atom stereocenters. The van der Waals surface area contributed by atoms with Crippen LogP contribution < -0.4 is 9.47 Å². The zero-order valence-electron chi connectivity index (χ0n) is 18.1. The van der Waals surface area contributed by atoms with Crippen molar-refractivity contribution in [1.29, 1.82) is 0 Å². The van der Waals surface area contributed by atoms with Crippen LogP contribution in [-0.4, -0.2) is 0 Å². The van der Waals surface area contributed by atoms with Gasteiger partial charge in [0.1, 0.15) is 24.7 Å². The van der Waals surface area contributed by atoms with E-state index in [0.717, 1.165) is 33.8 Å². The Balaban J connectivity index is 1.70. The van der Waals surface area contributed by atoms with E-state index in [9.17, 15) is 0 Å². The minimum absolute atomic E-state index is 0.330. The fraction of sp³-hybridized carbons (Fsp3) is 0.172. The van der Waals surface area contributed by atoms with E-state index in [4.69, 9.17) is 9.47 Å². The van der Waals surface area contributed by atoms with Crippen LogP contribution in [0.25, 0.3) is 11.1 Å². The van der Waals surface area contributed by atoms with E-state index >= 15 is 0 Å². The summed E-state index contributed by atoms with van der Waals surface area (Å²) in [6.45, 7) is 5.44. The molecule has 0 saturated heterocycles. The summed E-state index contributed by atoms with van der Waals surface area (Å²) in [5, 5.41) is 0. The molecular weight excluding hydrogens is 380 g/mol. The zero-order chi connectivity index (χ0) is 21.5. The van der Waals surface area contributed by atoms with Gasteiger partial charge in [0.05, 0.1) is 0 Å². The Morgan fingerprint density at radius 3 is 1.58 bits per heavy atom. The normalized spacial score (nSPS) is 10.8. The highest BCUT2D eigenvalue weighted by Gasteiger charge is 2.16. The van der Waals surface area contributed by atoms with Gasteiger partial charge in [-0.3, -0.25) is 0 Å². The van der Waals surface area contributed by atoms with Crippen molar-refractivity contribution in [1.82, 2.24) is 0 Å². The number of benzene rings is 4. The van der Waals surface area contributed by atoms with E-state index in [-0.39, 0.29) is 0 Å². The fourth-order valence-electron chi connectivity index (χ4n) is 3.59. The molecule has 2 heteroatoms. The fourth-order valence-corrected chi connectivity index (χ4v) is 3.59. The third-order valence-electron chi connectivity index (χ3n) is 5.29. The van der Waals surface area contributed by atoms with Crippen molar-refractivity contribution in [3.05, 3.63) is 120 Å². The van der Waals surface area contributed by atoms with Crippen molar-refractivity contribution >= 4 is 0 Å². The lowest BCUT2D eigenvalue weighted by Gasteiger charge is -2.20. The van der Waals surface area contributed by atoms with Gasteiger partial charge in [0, 0.05) is 11.6 Å². The van der Waals surface area contributed by atoms with Crippen LogP contribution >= 0.6 is 0 Å². The van der Waals surface area contributed by atoms with Crippen LogP contribution in [-0.2, 0) is 13.2 Å². The lowest BCUT2D eigenvalue weighted by molar-refractivity contribution is 0.288. The summed E-state index contributed by atoms with van der Waals surface area (Å²) in [5.74, 6) is 2.04. The molecule has 0 radical (unpaired) electrons. The molecule has 4 aromatic carbocycles. The predicted molar refractivity (Wildman–Crippen MR) is 128 cm³/mol. The predicted octanol–water partition coefficient (Wildman–Crippen LogP) is 7.64. The number of hydrogen-bond donors (Lipinski definition) is 0. The van der Waals surface area contributed by atoms with Crippen molar-refractivity contribution in [3.8, 4) is 22.6 Å². The summed E-state index contributed by atoms with van der Waals surface area (Å²) >= 11 is 0. The number of ether oxygens (including phenoxy) is 2. The molecule has 0 aliphatic heterocycles. The molecule has 156 valence electrons. The van der Waals surface area contributed by atoms with Crippen molar-refractivity contribution in [2.75, 3.05) is 0 Å². The van der Waals surface area contributed by atoms with Crippen LogP contribution in [0, 0.1) is 0 Å². The van der Waals surface area contributed by atoms with Crippen LogP contribution in [0.4, 0.5) is 0 Å². The molecule has 4 rings (SSSR count). The smallest absolute Gasteiger partial charge is 0.131 e. The molecule has 0 fully saturated rings. The van der Waals surface area contributed by atoms with Crippen molar-refractivity contribution in [3.63, 3.8) is 0 Å². The first-order valence-corrected chi connectivity index (χ1v) is 10.8. The number of rotatable bonds is 8. The molecule has 2 nitrogen and oxygen atoms in total. The van der Waals surface area contributed by atoms with Crippen LogP contribution in [0.5, 0.6) is 11.5 Å². The Labute approximate surface area is 185 Å². The van der Waals surface area contributed by atoms with Gasteiger partial charge in [-0.05, 0) is 34.2 Å². The Kier molecular flexibility index (Phi) is 6.68. The maximum atomic E-state index is 6.33. The minimum atomic E-state index is 0.330. The summed E-state index contributed by atoms with van der Waals surface area (Å²) in [5.41, 5.74) is 5.70. The van der Waals surface area contributed by atoms with E-state index in [1.807, 2.05) is 42.5 Å². The molecule has 0 aliphatic carbocycles. The van der Waals surface area contributed by atoms with E-state index in [1.165, 1.54) is 5.56 Å². The van der Waals surface area contributed by atoms with Crippen LogP contribution in [0.2, 0.25) is 0 Å². The van der Waals surface area contributed by atoms with Crippen molar-refractivity contribution < 1.29 is 9.47 Å². The van der Waals surface area contributed by atoms with Gasteiger partial charge in [0.15, 0.2) is 0 Å². The second kappa shape index (κ2) is 9.99. The average molecular weight is 409 g/mol. The van der Waals surface area contributed by atoms with E-state index < -0.39 is 0 Å². The third kappa shape index (κ3) is 5.35. The van der Waals surface area contributed by atoms with Crippen molar-refractivity contribution in [2.24, 2.45) is 0 Å². The van der Waals surface area contributed by atoms with Gasteiger partial charge >= 0.3 is 0 Å². The standard InChI is InChI=1S/C29H28O2/c1-22(2)26-18-27(25-16-10-5-11-17-25)29(31-21-24-14-8-4-9-15-24)19-28(26)30-20-23-12-6-3-7-13-23/h3-19,22H,20-21H2,1-2H3. The molecule has 0 saturated carbocycles. The molecular formula is C29H28O2. The molecule has 0 aliphatic rings. The Morgan fingerprint density at radius 1 is 0.581 bits per heavy atom. The second-order valence-corrected chi connectivity index (χ2v) is 7.96. The molecule has 0 spiro atoms. The largest absolute Gasteiger partial charge is 0.488 e. The maximum Gasteiger partial charge on any atom is 0.131 e. The topological polar surface area (TPSA) is 18.5 Å². The number of hydrogen-bond acceptors (Lipinski definition) is 2. The second-order valence-electron chi connectivity index (χ2n) is 7.96. The summed E-state index contributed by atoms with van der Waals surface area (Å²) in [7, 11) is 0. The third-order valence-corrected chi connectivity index (χ3v) is 5.29.